The van der Waals surface area contributed by atoms with Gasteiger partial charge in [-0.15, -0.1) is 0 Å². The molecule has 0 aromatic carbocycles. The van der Waals surface area contributed by atoms with E-state index in [0.29, 0.717) is 0 Å². The molecule has 0 bridgehead atoms. The molecule has 0 aromatic rings. The molecular formula is C2H6N4. The standard InChI is InChI=1S/C2H6N4/c1-3-5-6-4-2/h1-2H3/b5-3-,6-4-. The van der Waals surface area contributed by atoms with Crippen LogP contribution in [0, 0.1) is 0 Å². The first-order valence-corrected chi connectivity index (χ1v) is 1.49. The summed E-state index contributed by atoms with van der Waals surface area (Å²) in [6, 6.07) is 0. The van der Waals surface area contributed by atoms with Gasteiger partial charge in [-0.25, -0.2) is 0 Å². The van der Waals surface area contributed by atoms with E-state index in [4.69, 9.17) is 0 Å². The van der Waals surface area contributed by atoms with E-state index in [-0.39, 0.29) is 0 Å². The second-order valence-electron chi connectivity index (χ2n) is 0.579. The molecule has 0 atom stereocenters. The molecule has 0 aliphatic heterocycles. The van der Waals surface area contributed by atoms with Crippen molar-refractivity contribution in [3.05, 3.63) is 0 Å². The lowest BCUT2D eigenvalue weighted by Crippen LogP contribution is -1.43. The zero-order chi connectivity index (χ0) is 4.83. The van der Waals surface area contributed by atoms with E-state index in [1.807, 2.05) is 0 Å². The molecule has 0 aliphatic rings. The van der Waals surface area contributed by atoms with Gasteiger partial charge >= 0.3 is 0 Å². The minimum absolute atomic E-state index is 1.54. The average Bonchev–Trinajstić information content (AvgIpc) is 1.61. The Bertz CT molecular complexity index is 53.9. The van der Waals surface area contributed by atoms with Gasteiger partial charge in [0.15, 0.2) is 0 Å². The summed E-state index contributed by atoms with van der Waals surface area (Å²) in [7, 11) is 3.07. The van der Waals surface area contributed by atoms with Crippen LogP contribution < -0.4 is 0 Å². The van der Waals surface area contributed by atoms with Crippen LogP contribution in [0.5, 0.6) is 0 Å². The predicted octanol–water partition coefficient (Wildman–Crippen LogP) is 1.07. The van der Waals surface area contributed by atoms with Crippen molar-refractivity contribution in [1.29, 1.82) is 0 Å². The van der Waals surface area contributed by atoms with Gasteiger partial charge in [-0.3, -0.25) is 0 Å². The molecule has 0 saturated heterocycles. The number of hydrogen-bond acceptors (Lipinski definition) is 2. The van der Waals surface area contributed by atoms with E-state index < -0.39 is 0 Å². The third-order valence-electron chi connectivity index (χ3n) is 0.219. The Morgan fingerprint density at radius 3 is 1.33 bits per heavy atom. The fourth-order valence-electron chi connectivity index (χ4n) is 0.0800. The highest BCUT2D eigenvalue weighted by Gasteiger charge is 1.49. The maximum atomic E-state index is 3.29. The normalized spacial score (nSPS) is 11.7. The van der Waals surface area contributed by atoms with Crippen molar-refractivity contribution in [3.8, 4) is 0 Å². The Morgan fingerprint density at radius 1 is 0.833 bits per heavy atom. The summed E-state index contributed by atoms with van der Waals surface area (Å²) < 4.78 is 0. The monoisotopic (exact) mass is 86.1 g/mol. The highest BCUT2D eigenvalue weighted by molar-refractivity contribution is 4.04. The van der Waals surface area contributed by atoms with Crippen molar-refractivity contribution >= 4 is 0 Å². The zero-order valence-corrected chi connectivity index (χ0v) is 3.79. The predicted molar refractivity (Wildman–Crippen MR) is 21.6 cm³/mol. The van der Waals surface area contributed by atoms with Crippen LogP contribution in [-0.2, 0) is 0 Å². The van der Waals surface area contributed by atoms with Crippen molar-refractivity contribution in [1.82, 2.24) is 0 Å². The zero-order valence-electron chi connectivity index (χ0n) is 3.79. The maximum Gasteiger partial charge on any atom is 0.0510 e. The summed E-state index contributed by atoms with van der Waals surface area (Å²) in [4.78, 5) is 0. The van der Waals surface area contributed by atoms with Crippen LogP contribution in [0.4, 0.5) is 0 Å². The van der Waals surface area contributed by atoms with Gasteiger partial charge in [0, 0.05) is 0 Å². The molecular weight excluding hydrogens is 80.0 g/mol. The number of nitrogens with zero attached hydrogens (tertiary/aromatic N) is 4. The van der Waals surface area contributed by atoms with Crippen LogP contribution >= 0.6 is 0 Å². The topological polar surface area (TPSA) is 49.4 Å². The summed E-state index contributed by atoms with van der Waals surface area (Å²) >= 11 is 0. The van der Waals surface area contributed by atoms with Crippen LogP contribution in [0.1, 0.15) is 0 Å². The van der Waals surface area contributed by atoms with Crippen molar-refractivity contribution in [2.45, 2.75) is 0 Å². The largest absolute Gasteiger partial charge is 0.171 e. The molecule has 0 spiro atoms. The van der Waals surface area contributed by atoms with E-state index >= 15 is 0 Å². The molecule has 0 fully saturated rings. The molecule has 0 rings (SSSR count). The second-order valence-corrected chi connectivity index (χ2v) is 0.579. The quantitative estimate of drug-likeness (QED) is 0.338. The van der Waals surface area contributed by atoms with Gasteiger partial charge in [0.25, 0.3) is 0 Å². The average molecular weight is 86.1 g/mol. The Hall–Kier alpha value is -0.800. The third-order valence-corrected chi connectivity index (χ3v) is 0.219. The van der Waals surface area contributed by atoms with Gasteiger partial charge in [0.2, 0.25) is 0 Å². The first-order valence-electron chi connectivity index (χ1n) is 1.49. The fourth-order valence-corrected chi connectivity index (χ4v) is 0.0800. The Morgan fingerprint density at radius 2 is 1.17 bits per heavy atom. The Balaban J connectivity index is 3.07. The molecule has 0 aliphatic carbocycles. The number of hydrogen-bond donors (Lipinski definition) is 0. The molecule has 0 aromatic heterocycles. The Kier molecular flexibility index (Phi) is 3.64. The van der Waals surface area contributed by atoms with Gasteiger partial charge in [-0.05, 0) is 10.4 Å². The lowest BCUT2D eigenvalue weighted by molar-refractivity contribution is 0.914. The van der Waals surface area contributed by atoms with E-state index in [1.165, 1.54) is 14.1 Å². The minimum Gasteiger partial charge on any atom is -0.171 e. The summed E-state index contributed by atoms with van der Waals surface area (Å²) in [6.45, 7) is 0. The van der Waals surface area contributed by atoms with Gasteiger partial charge < -0.3 is 0 Å². The maximum absolute atomic E-state index is 3.29. The first-order chi connectivity index (χ1) is 2.91. The van der Waals surface area contributed by atoms with Crippen LogP contribution in [0.25, 0.3) is 0 Å². The fraction of sp³-hybridized carbons (Fsp3) is 1.00. The summed E-state index contributed by atoms with van der Waals surface area (Å²) in [5, 5.41) is 12.9. The molecule has 0 amide bonds. The van der Waals surface area contributed by atoms with Gasteiger partial charge in [0.05, 0.1) is 14.1 Å². The lowest BCUT2D eigenvalue weighted by Gasteiger charge is -1.62. The molecule has 0 heterocycles. The highest BCUT2D eigenvalue weighted by atomic mass is 15.4. The molecule has 34 valence electrons. The first kappa shape index (κ1) is 5.20. The van der Waals surface area contributed by atoms with Crippen molar-refractivity contribution in [3.63, 3.8) is 0 Å². The van der Waals surface area contributed by atoms with Gasteiger partial charge in [0.1, 0.15) is 0 Å². The van der Waals surface area contributed by atoms with Gasteiger partial charge in [-0.2, -0.15) is 10.2 Å². The molecule has 0 unspecified atom stereocenters. The summed E-state index contributed by atoms with van der Waals surface area (Å²) in [5.41, 5.74) is 0. The van der Waals surface area contributed by atoms with Crippen molar-refractivity contribution in [2.75, 3.05) is 14.1 Å². The highest BCUT2D eigenvalue weighted by Crippen LogP contribution is 1.70. The smallest absolute Gasteiger partial charge is 0.0510 e. The van der Waals surface area contributed by atoms with E-state index in [1.54, 1.807) is 0 Å². The minimum atomic E-state index is 1.54. The van der Waals surface area contributed by atoms with Crippen molar-refractivity contribution < 1.29 is 0 Å². The summed E-state index contributed by atoms with van der Waals surface area (Å²) in [6.07, 6.45) is 0. The van der Waals surface area contributed by atoms with E-state index in [0.717, 1.165) is 0 Å². The Labute approximate surface area is 36.0 Å². The third kappa shape index (κ3) is 3.20. The SMILES string of the molecule is C/N=N\N=N/C. The van der Waals surface area contributed by atoms with Crippen LogP contribution in [0.3, 0.4) is 0 Å². The lowest BCUT2D eigenvalue weighted by atomic mass is 11.5. The molecule has 6 heavy (non-hydrogen) atoms. The van der Waals surface area contributed by atoms with Crippen LogP contribution in [-0.4, -0.2) is 14.1 Å². The van der Waals surface area contributed by atoms with E-state index in [2.05, 4.69) is 20.7 Å². The summed E-state index contributed by atoms with van der Waals surface area (Å²) in [5.74, 6) is 0. The molecule has 0 N–H and O–H groups in total. The van der Waals surface area contributed by atoms with Gasteiger partial charge in [-0.1, -0.05) is 0 Å². The molecule has 0 saturated carbocycles. The molecule has 4 heteroatoms. The van der Waals surface area contributed by atoms with E-state index in [9.17, 15) is 0 Å². The number of rotatable bonds is 1. The van der Waals surface area contributed by atoms with Crippen LogP contribution in [0.15, 0.2) is 20.7 Å². The van der Waals surface area contributed by atoms with Crippen LogP contribution in [0.2, 0.25) is 0 Å². The van der Waals surface area contributed by atoms with Crippen molar-refractivity contribution in [2.24, 2.45) is 20.7 Å². The molecule has 4 nitrogen and oxygen atoms in total. The second kappa shape index (κ2) is 4.20. The molecule has 0 radical (unpaired) electrons.